The summed E-state index contributed by atoms with van der Waals surface area (Å²) in [4.78, 5) is 16.3. The summed E-state index contributed by atoms with van der Waals surface area (Å²) in [6.45, 7) is 2.79. The number of aromatic nitrogens is 3. The molecule has 0 aliphatic heterocycles. The fraction of sp³-hybridized carbons (Fsp3) is 0.350. The zero-order valence-electron chi connectivity index (χ0n) is 15.5. The third-order valence-electron chi connectivity index (χ3n) is 4.81. The summed E-state index contributed by atoms with van der Waals surface area (Å²) in [6, 6.07) is 12.0. The monoisotopic (exact) mass is 365 g/mol. The number of anilines is 2. The number of nitrogens with one attached hydrogen (secondary N) is 2. The van der Waals surface area contributed by atoms with E-state index in [1.54, 1.807) is 11.6 Å². The van der Waals surface area contributed by atoms with E-state index in [0.717, 1.165) is 48.6 Å². The molecule has 0 bridgehead atoms. The Balaban J connectivity index is 1.42. The van der Waals surface area contributed by atoms with Gasteiger partial charge in [0.2, 0.25) is 11.9 Å². The van der Waals surface area contributed by atoms with Crippen molar-refractivity contribution in [2.24, 2.45) is 5.92 Å². The van der Waals surface area contributed by atoms with Crippen molar-refractivity contribution in [1.29, 1.82) is 0 Å². The average Bonchev–Trinajstić information content (AvgIpc) is 3.45. The molecule has 1 amide bonds. The van der Waals surface area contributed by atoms with Crippen molar-refractivity contribution in [2.75, 3.05) is 24.3 Å². The Bertz CT molecular complexity index is 960. The second-order valence-electron chi connectivity index (χ2n) is 6.83. The van der Waals surface area contributed by atoms with Crippen molar-refractivity contribution >= 4 is 23.2 Å². The maximum absolute atomic E-state index is 11.9. The summed E-state index contributed by atoms with van der Waals surface area (Å²) in [5.74, 6) is 1.38. The highest BCUT2D eigenvalue weighted by Crippen LogP contribution is 2.30. The molecule has 7 nitrogen and oxygen atoms in total. The molecule has 2 N–H and O–H groups in total. The Labute approximate surface area is 157 Å². The number of benzene rings is 1. The summed E-state index contributed by atoms with van der Waals surface area (Å²) in [5.41, 5.74) is 3.93. The minimum Gasteiger partial charge on any atom is -0.497 e. The van der Waals surface area contributed by atoms with E-state index >= 15 is 0 Å². The number of amides is 1. The Hall–Kier alpha value is -3.09. The minimum atomic E-state index is 0.0152. The van der Waals surface area contributed by atoms with Crippen LogP contribution in [0.5, 0.6) is 5.75 Å². The van der Waals surface area contributed by atoms with E-state index in [1.165, 1.54) is 5.56 Å². The van der Waals surface area contributed by atoms with Gasteiger partial charge in [0.05, 0.1) is 18.5 Å². The van der Waals surface area contributed by atoms with Gasteiger partial charge in [-0.15, -0.1) is 5.10 Å². The fourth-order valence-corrected chi connectivity index (χ4v) is 3.00. The maximum Gasteiger partial charge on any atom is 0.249 e. The van der Waals surface area contributed by atoms with Crippen molar-refractivity contribution in [3.8, 4) is 5.75 Å². The predicted octanol–water partition coefficient (Wildman–Crippen LogP) is 3.05. The molecule has 1 saturated carbocycles. The van der Waals surface area contributed by atoms with Crippen molar-refractivity contribution in [1.82, 2.24) is 14.6 Å². The minimum absolute atomic E-state index is 0.0152. The summed E-state index contributed by atoms with van der Waals surface area (Å²) in [5, 5.41) is 10.7. The second kappa shape index (κ2) is 7.26. The normalized spacial score (nSPS) is 13.6. The molecule has 27 heavy (non-hydrogen) atoms. The van der Waals surface area contributed by atoms with Gasteiger partial charge in [0.25, 0.3) is 0 Å². The van der Waals surface area contributed by atoms with Crippen LogP contribution in [0.1, 0.15) is 24.1 Å². The molecule has 2 heterocycles. The van der Waals surface area contributed by atoms with Crippen LogP contribution in [0.2, 0.25) is 0 Å². The van der Waals surface area contributed by atoms with Gasteiger partial charge in [0.1, 0.15) is 5.75 Å². The number of carbonyl (C=O) groups is 1. The smallest absolute Gasteiger partial charge is 0.249 e. The fourth-order valence-electron chi connectivity index (χ4n) is 3.00. The van der Waals surface area contributed by atoms with Gasteiger partial charge in [-0.25, -0.2) is 4.52 Å². The van der Waals surface area contributed by atoms with Crippen LogP contribution in [0.15, 0.2) is 36.4 Å². The van der Waals surface area contributed by atoms with Crippen LogP contribution >= 0.6 is 0 Å². The number of aryl methyl sites for hydroxylation is 1. The molecule has 0 atom stereocenters. The lowest BCUT2D eigenvalue weighted by atomic mass is 10.1. The molecular weight excluding hydrogens is 342 g/mol. The van der Waals surface area contributed by atoms with Crippen LogP contribution in [0.4, 0.5) is 11.6 Å². The van der Waals surface area contributed by atoms with E-state index in [1.807, 2.05) is 31.2 Å². The van der Waals surface area contributed by atoms with Crippen LogP contribution in [0.25, 0.3) is 5.65 Å². The first kappa shape index (κ1) is 17.3. The molecule has 140 valence electrons. The third-order valence-corrected chi connectivity index (χ3v) is 4.81. The number of carbonyl (C=O) groups excluding carboxylic acids is 1. The highest BCUT2D eigenvalue weighted by atomic mass is 16.5. The van der Waals surface area contributed by atoms with Crippen LogP contribution in [0, 0.1) is 12.8 Å². The first-order valence-corrected chi connectivity index (χ1v) is 9.18. The molecule has 0 spiro atoms. The number of ether oxygens (including phenoxy) is 1. The number of pyridine rings is 1. The zero-order valence-corrected chi connectivity index (χ0v) is 15.5. The van der Waals surface area contributed by atoms with E-state index in [0.29, 0.717) is 5.95 Å². The van der Waals surface area contributed by atoms with Crippen LogP contribution in [-0.4, -0.2) is 34.2 Å². The van der Waals surface area contributed by atoms with Crippen LogP contribution in [0.3, 0.4) is 0 Å². The molecule has 4 rings (SSSR count). The number of methoxy groups -OCH3 is 1. The molecule has 2 aromatic heterocycles. The largest absolute Gasteiger partial charge is 0.497 e. The van der Waals surface area contributed by atoms with Gasteiger partial charge < -0.3 is 10.1 Å². The van der Waals surface area contributed by atoms with E-state index in [9.17, 15) is 4.79 Å². The first-order valence-electron chi connectivity index (χ1n) is 9.18. The summed E-state index contributed by atoms with van der Waals surface area (Å²) in [6.07, 6.45) is 2.82. The molecular formula is C20H23N5O2. The van der Waals surface area contributed by atoms with Gasteiger partial charge in [-0.1, -0.05) is 12.1 Å². The Morgan fingerprint density at radius 2 is 2.00 bits per heavy atom. The average molecular weight is 365 g/mol. The van der Waals surface area contributed by atoms with E-state index in [2.05, 4.69) is 32.8 Å². The molecule has 0 saturated heterocycles. The highest BCUT2D eigenvalue weighted by Gasteiger charge is 2.30. The highest BCUT2D eigenvalue weighted by molar-refractivity contribution is 5.92. The Morgan fingerprint density at radius 1 is 1.22 bits per heavy atom. The van der Waals surface area contributed by atoms with Crippen LogP contribution in [-0.2, 0) is 11.2 Å². The summed E-state index contributed by atoms with van der Waals surface area (Å²) in [7, 11) is 1.67. The maximum atomic E-state index is 11.9. The van der Waals surface area contributed by atoms with Gasteiger partial charge in [0.15, 0.2) is 5.65 Å². The van der Waals surface area contributed by atoms with Gasteiger partial charge in [-0.3, -0.25) is 10.1 Å². The standard InChI is InChI=1S/C20H23N5O2/c1-13-17(21-12-11-14-3-7-16(27-2)8-4-14)9-10-18-22-20(24-25(13)18)23-19(26)15-5-6-15/h3-4,7-10,15,21H,5-6,11-12H2,1-2H3,(H,23,24,26). The molecule has 0 unspecified atom stereocenters. The number of fused-ring (bicyclic) bond motifs is 1. The third kappa shape index (κ3) is 3.86. The molecule has 1 fully saturated rings. The Morgan fingerprint density at radius 3 is 2.70 bits per heavy atom. The lowest BCUT2D eigenvalue weighted by Gasteiger charge is -2.10. The van der Waals surface area contributed by atoms with Gasteiger partial charge in [-0.05, 0) is 56.0 Å². The quantitative estimate of drug-likeness (QED) is 0.673. The molecule has 3 aromatic rings. The lowest BCUT2D eigenvalue weighted by Crippen LogP contribution is -2.14. The SMILES string of the molecule is COc1ccc(CCNc2ccc3nc(NC(=O)C4CC4)nn3c2C)cc1. The number of nitrogens with zero attached hydrogens (tertiary/aromatic N) is 3. The van der Waals surface area contributed by atoms with Gasteiger partial charge in [0, 0.05) is 12.5 Å². The number of hydrogen-bond donors (Lipinski definition) is 2. The van der Waals surface area contributed by atoms with Crippen molar-refractivity contribution in [2.45, 2.75) is 26.2 Å². The molecule has 0 radical (unpaired) electrons. The first-order chi connectivity index (χ1) is 13.1. The van der Waals surface area contributed by atoms with E-state index in [-0.39, 0.29) is 11.8 Å². The Kier molecular flexibility index (Phi) is 4.66. The molecule has 1 aromatic carbocycles. The van der Waals surface area contributed by atoms with Crippen LogP contribution < -0.4 is 15.4 Å². The van der Waals surface area contributed by atoms with Crippen molar-refractivity contribution in [3.63, 3.8) is 0 Å². The topological polar surface area (TPSA) is 80.5 Å². The van der Waals surface area contributed by atoms with E-state index in [4.69, 9.17) is 4.74 Å². The summed E-state index contributed by atoms with van der Waals surface area (Å²) >= 11 is 0. The number of rotatable bonds is 7. The van der Waals surface area contributed by atoms with Crippen molar-refractivity contribution in [3.05, 3.63) is 47.7 Å². The molecule has 7 heteroatoms. The second-order valence-corrected chi connectivity index (χ2v) is 6.83. The number of hydrogen-bond acceptors (Lipinski definition) is 5. The molecule has 1 aliphatic carbocycles. The van der Waals surface area contributed by atoms with E-state index < -0.39 is 0 Å². The van der Waals surface area contributed by atoms with Crippen molar-refractivity contribution < 1.29 is 9.53 Å². The molecule has 1 aliphatic rings. The van der Waals surface area contributed by atoms with Gasteiger partial charge in [-0.2, -0.15) is 4.98 Å². The predicted molar refractivity (Wildman–Crippen MR) is 104 cm³/mol. The lowest BCUT2D eigenvalue weighted by molar-refractivity contribution is -0.117. The summed E-state index contributed by atoms with van der Waals surface area (Å²) < 4.78 is 6.95. The van der Waals surface area contributed by atoms with Gasteiger partial charge >= 0.3 is 0 Å². The zero-order chi connectivity index (χ0) is 18.8.